The SMILES string of the molecule is COCC(O)CN(C)c1nc(C)cc(C(C)C)n1. The maximum atomic E-state index is 9.71. The molecule has 0 radical (unpaired) electrons. The fraction of sp³-hybridized carbons (Fsp3) is 0.692. The molecule has 1 rings (SSSR count). The molecule has 1 unspecified atom stereocenters. The smallest absolute Gasteiger partial charge is 0.225 e. The van der Waals surface area contributed by atoms with Crippen molar-refractivity contribution in [1.29, 1.82) is 0 Å². The molecular formula is C13H23N3O2. The number of anilines is 1. The molecule has 1 aromatic heterocycles. The van der Waals surface area contributed by atoms with Crippen LogP contribution >= 0.6 is 0 Å². The summed E-state index contributed by atoms with van der Waals surface area (Å²) in [6, 6.07) is 1.99. The van der Waals surface area contributed by atoms with Gasteiger partial charge >= 0.3 is 0 Å². The van der Waals surface area contributed by atoms with Gasteiger partial charge in [-0.05, 0) is 18.9 Å². The summed E-state index contributed by atoms with van der Waals surface area (Å²) < 4.78 is 4.91. The van der Waals surface area contributed by atoms with Gasteiger partial charge in [0, 0.05) is 32.1 Å². The van der Waals surface area contributed by atoms with Crippen molar-refractivity contribution in [3.8, 4) is 0 Å². The standard InChI is InChI=1S/C13H23N3O2/c1-9(2)12-6-10(3)14-13(15-12)16(4)7-11(17)8-18-5/h6,9,11,17H,7-8H2,1-5H3. The number of rotatable bonds is 6. The molecule has 0 aliphatic carbocycles. The van der Waals surface area contributed by atoms with Crippen LogP contribution in [0.25, 0.3) is 0 Å². The van der Waals surface area contributed by atoms with Crippen LogP contribution in [0.1, 0.15) is 31.2 Å². The van der Waals surface area contributed by atoms with Crippen LogP contribution in [-0.4, -0.2) is 48.5 Å². The maximum absolute atomic E-state index is 9.71. The first-order valence-electron chi connectivity index (χ1n) is 6.17. The van der Waals surface area contributed by atoms with Gasteiger partial charge in [0.2, 0.25) is 5.95 Å². The number of hydrogen-bond donors (Lipinski definition) is 1. The lowest BCUT2D eigenvalue weighted by atomic mass is 10.1. The van der Waals surface area contributed by atoms with Crippen LogP contribution in [0.5, 0.6) is 0 Å². The summed E-state index contributed by atoms with van der Waals surface area (Å²) in [6.07, 6.45) is -0.536. The topological polar surface area (TPSA) is 58.5 Å². The van der Waals surface area contributed by atoms with Gasteiger partial charge < -0.3 is 14.7 Å². The van der Waals surface area contributed by atoms with Gasteiger partial charge in [-0.25, -0.2) is 9.97 Å². The van der Waals surface area contributed by atoms with Crippen molar-refractivity contribution in [2.75, 3.05) is 32.2 Å². The number of hydrogen-bond acceptors (Lipinski definition) is 5. The third kappa shape index (κ3) is 4.23. The van der Waals surface area contributed by atoms with Crippen molar-refractivity contribution >= 4 is 5.95 Å². The number of methoxy groups -OCH3 is 1. The fourth-order valence-electron chi connectivity index (χ4n) is 1.69. The van der Waals surface area contributed by atoms with Crippen molar-refractivity contribution < 1.29 is 9.84 Å². The Morgan fingerprint density at radius 3 is 2.61 bits per heavy atom. The first-order chi connectivity index (χ1) is 8.43. The molecule has 18 heavy (non-hydrogen) atoms. The zero-order chi connectivity index (χ0) is 13.7. The minimum Gasteiger partial charge on any atom is -0.389 e. The summed E-state index contributed by atoms with van der Waals surface area (Å²) in [4.78, 5) is 10.8. The monoisotopic (exact) mass is 253 g/mol. The molecule has 0 spiro atoms. The summed E-state index contributed by atoms with van der Waals surface area (Å²) >= 11 is 0. The van der Waals surface area contributed by atoms with E-state index in [-0.39, 0.29) is 0 Å². The Labute approximate surface area is 109 Å². The minimum atomic E-state index is -0.536. The first-order valence-corrected chi connectivity index (χ1v) is 6.17. The predicted octanol–water partition coefficient (Wildman–Crippen LogP) is 1.35. The van der Waals surface area contributed by atoms with Gasteiger partial charge in [0.15, 0.2) is 0 Å². The average Bonchev–Trinajstić information content (AvgIpc) is 2.28. The lowest BCUT2D eigenvalue weighted by Gasteiger charge is -2.21. The van der Waals surface area contributed by atoms with E-state index in [2.05, 4.69) is 23.8 Å². The van der Waals surface area contributed by atoms with Crippen LogP contribution in [0.3, 0.4) is 0 Å². The molecule has 0 saturated carbocycles. The molecule has 5 nitrogen and oxygen atoms in total. The maximum Gasteiger partial charge on any atom is 0.225 e. The average molecular weight is 253 g/mol. The second-order valence-electron chi connectivity index (χ2n) is 4.88. The van der Waals surface area contributed by atoms with E-state index in [1.165, 1.54) is 0 Å². The highest BCUT2D eigenvalue weighted by Crippen LogP contribution is 2.16. The zero-order valence-electron chi connectivity index (χ0n) is 11.8. The molecule has 1 N–H and O–H groups in total. The molecule has 1 heterocycles. The van der Waals surface area contributed by atoms with Crippen LogP contribution in [-0.2, 0) is 4.74 Å². The number of aryl methyl sites for hydroxylation is 1. The third-order valence-corrected chi connectivity index (χ3v) is 2.64. The van der Waals surface area contributed by atoms with Gasteiger partial charge in [0.25, 0.3) is 0 Å². The molecule has 0 amide bonds. The third-order valence-electron chi connectivity index (χ3n) is 2.64. The van der Waals surface area contributed by atoms with Crippen LogP contribution < -0.4 is 4.90 Å². The van der Waals surface area contributed by atoms with Gasteiger partial charge in [0.1, 0.15) is 0 Å². The Bertz CT molecular complexity index is 382. The Morgan fingerprint density at radius 1 is 1.39 bits per heavy atom. The van der Waals surface area contributed by atoms with Crippen molar-refractivity contribution in [3.05, 3.63) is 17.5 Å². The highest BCUT2D eigenvalue weighted by molar-refractivity contribution is 5.32. The lowest BCUT2D eigenvalue weighted by molar-refractivity contribution is 0.0693. The summed E-state index contributed by atoms with van der Waals surface area (Å²) in [5.74, 6) is 1.01. The Balaban J connectivity index is 2.81. The fourth-order valence-corrected chi connectivity index (χ4v) is 1.69. The molecule has 0 bridgehead atoms. The van der Waals surface area contributed by atoms with Crippen LogP contribution in [0.4, 0.5) is 5.95 Å². The molecule has 0 saturated heterocycles. The van der Waals surface area contributed by atoms with Gasteiger partial charge in [0.05, 0.1) is 12.7 Å². The van der Waals surface area contributed by atoms with E-state index < -0.39 is 6.10 Å². The summed E-state index contributed by atoms with van der Waals surface area (Å²) in [5, 5.41) is 9.71. The number of ether oxygens (including phenoxy) is 1. The zero-order valence-corrected chi connectivity index (χ0v) is 11.8. The second-order valence-corrected chi connectivity index (χ2v) is 4.88. The van der Waals surface area contributed by atoms with E-state index in [1.54, 1.807) is 7.11 Å². The molecule has 102 valence electrons. The van der Waals surface area contributed by atoms with Gasteiger partial charge in [-0.2, -0.15) is 0 Å². The number of aliphatic hydroxyl groups excluding tert-OH is 1. The highest BCUT2D eigenvalue weighted by atomic mass is 16.5. The van der Waals surface area contributed by atoms with E-state index in [4.69, 9.17) is 4.74 Å². The highest BCUT2D eigenvalue weighted by Gasteiger charge is 2.13. The molecule has 0 aliphatic heterocycles. The van der Waals surface area contributed by atoms with Crippen molar-refractivity contribution in [1.82, 2.24) is 9.97 Å². The summed E-state index contributed by atoms with van der Waals surface area (Å²) in [5.41, 5.74) is 1.96. The molecule has 1 atom stereocenters. The number of aromatic nitrogens is 2. The Hall–Kier alpha value is -1.20. The van der Waals surface area contributed by atoms with Crippen LogP contribution in [0, 0.1) is 6.92 Å². The van der Waals surface area contributed by atoms with E-state index in [0.29, 0.717) is 25.0 Å². The van der Waals surface area contributed by atoms with E-state index >= 15 is 0 Å². The molecular weight excluding hydrogens is 230 g/mol. The Kier molecular flexibility index (Phi) is 5.50. The molecule has 1 aromatic rings. The molecule has 0 aromatic carbocycles. The van der Waals surface area contributed by atoms with Gasteiger partial charge in [-0.3, -0.25) is 0 Å². The van der Waals surface area contributed by atoms with E-state index in [1.807, 2.05) is 24.9 Å². The van der Waals surface area contributed by atoms with E-state index in [9.17, 15) is 5.11 Å². The normalized spacial score (nSPS) is 12.8. The van der Waals surface area contributed by atoms with Gasteiger partial charge in [-0.15, -0.1) is 0 Å². The second kappa shape index (κ2) is 6.66. The van der Waals surface area contributed by atoms with Crippen molar-refractivity contribution in [2.45, 2.75) is 32.8 Å². The quantitative estimate of drug-likeness (QED) is 0.829. The van der Waals surface area contributed by atoms with Crippen molar-refractivity contribution in [3.63, 3.8) is 0 Å². The predicted molar refractivity (Wildman–Crippen MR) is 72.0 cm³/mol. The van der Waals surface area contributed by atoms with E-state index in [0.717, 1.165) is 11.4 Å². The number of aliphatic hydroxyl groups is 1. The number of likely N-dealkylation sites (N-methyl/N-ethyl adjacent to an activating group) is 1. The number of nitrogens with zero attached hydrogens (tertiary/aromatic N) is 3. The first kappa shape index (κ1) is 14.9. The summed E-state index contributed by atoms with van der Waals surface area (Å²) in [7, 11) is 3.45. The largest absolute Gasteiger partial charge is 0.389 e. The van der Waals surface area contributed by atoms with Gasteiger partial charge in [-0.1, -0.05) is 13.8 Å². The molecule has 0 fully saturated rings. The Morgan fingerprint density at radius 2 is 2.06 bits per heavy atom. The molecule has 0 aliphatic rings. The van der Waals surface area contributed by atoms with Crippen LogP contribution in [0.15, 0.2) is 6.07 Å². The molecule has 5 heteroatoms. The minimum absolute atomic E-state index is 0.313. The van der Waals surface area contributed by atoms with Crippen LogP contribution in [0.2, 0.25) is 0 Å². The van der Waals surface area contributed by atoms with Crippen molar-refractivity contribution in [2.24, 2.45) is 0 Å². The lowest BCUT2D eigenvalue weighted by Crippen LogP contribution is -2.33. The summed E-state index contributed by atoms with van der Waals surface area (Å²) in [6.45, 7) is 6.93.